The summed E-state index contributed by atoms with van der Waals surface area (Å²) < 4.78 is 0. The number of nitrogens with zero attached hydrogens (tertiary/aromatic N) is 1. The highest BCUT2D eigenvalue weighted by atomic mass is 15.3. The summed E-state index contributed by atoms with van der Waals surface area (Å²) in [5, 5.41) is 3.40. The summed E-state index contributed by atoms with van der Waals surface area (Å²) >= 11 is 0. The fourth-order valence-electron chi connectivity index (χ4n) is 2.82. The Morgan fingerprint density at radius 3 is 2.31 bits per heavy atom. The van der Waals surface area contributed by atoms with Gasteiger partial charge in [-0.3, -0.25) is 4.90 Å². The van der Waals surface area contributed by atoms with Gasteiger partial charge in [0.1, 0.15) is 0 Å². The van der Waals surface area contributed by atoms with Gasteiger partial charge in [-0.2, -0.15) is 0 Å². The van der Waals surface area contributed by atoms with E-state index in [9.17, 15) is 0 Å². The van der Waals surface area contributed by atoms with Crippen LogP contribution in [-0.2, 0) is 0 Å². The third-order valence-electron chi connectivity index (χ3n) is 3.70. The summed E-state index contributed by atoms with van der Waals surface area (Å²) in [5.74, 6) is 0. The summed E-state index contributed by atoms with van der Waals surface area (Å²) in [6.07, 6.45) is 5.40. The molecule has 0 radical (unpaired) electrons. The van der Waals surface area contributed by atoms with Gasteiger partial charge < -0.3 is 11.1 Å². The van der Waals surface area contributed by atoms with E-state index in [1.165, 1.54) is 38.8 Å². The van der Waals surface area contributed by atoms with Crippen molar-refractivity contribution in [3.8, 4) is 0 Å². The third kappa shape index (κ3) is 1.73. The molecule has 0 amide bonds. The van der Waals surface area contributed by atoms with Crippen LogP contribution in [0, 0.1) is 0 Å². The highest BCUT2D eigenvalue weighted by molar-refractivity contribution is 4.97. The molecule has 3 heteroatoms. The molecular weight excluding hydrogens is 162 g/mol. The Hall–Kier alpha value is -0.120. The second kappa shape index (κ2) is 3.95. The lowest BCUT2D eigenvalue weighted by atomic mass is 9.94. The molecule has 1 heterocycles. The van der Waals surface area contributed by atoms with Crippen molar-refractivity contribution in [1.82, 2.24) is 10.2 Å². The highest BCUT2D eigenvalue weighted by Gasteiger charge is 2.38. The van der Waals surface area contributed by atoms with Crippen molar-refractivity contribution < 1.29 is 0 Å². The Bertz CT molecular complexity index is 158. The lowest BCUT2D eigenvalue weighted by molar-refractivity contribution is 0.0847. The normalized spacial score (nSPS) is 29.3. The van der Waals surface area contributed by atoms with Gasteiger partial charge in [0, 0.05) is 38.3 Å². The van der Waals surface area contributed by atoms with Crippen LogP contribution in [0.15, 0.2) is 0 Å². The maximum absolute atomic E-state index is 5.94. The second-order valence-corrected chi connectivity index (χ2v) is 4.37. The molecule has 3 nitrogen and oxygen atoms in total. The van der Waals surface area contributed by atoms with E-state index in [1.807, 2.05) is 0 Å². The van der Waals surface area contributed by atoms with Crippen LogP contribution in [0.4, 0.5) is 0 Å². The smallest absolute Gasteiger partial charge is 0.0332 e. The average Bonchev–Trinajstić information content (AvgIpc) is 2.69. The van der Waals surface area contributed by atoms with Crippen molar-refractivity contribution in [2.24, 2.45) is 5.73 Å². The molecule has 0 aromatic heterocycles. The van der Waals surface area contributed by atoms with Gasteiger partial charge in [-0.05, 0) is 12.8 Å². The van der Waals surface area contributed by atoms with E-state index in [2.05, 4.69) is 10.2 Å². The molecule has 1 saturated heterocycles. The Labute approximate surface area is 80.7 Å². The summed E-state index contributed by atoms with van der Waals surface area (Å²) in [5.41, 5.74) is 6.31. The average molecular weight is 183 g/mol. The number of nitrogens with two attached hydrogens (primary N) is 1. The first-order chi connectivity index (χ1) is 6.37. The predicted molar refractivity (Wildman–Crippen MR) is 54.7 cm³/mol. The zero-order valence-corrected chi connectivity index (χ0v) is 8.39. The van der Waals surface area contributed by atoms with Gasteiger partial charge in [-0.1, -0.05) is 12.8 Å². The maximum atomic E-state index is 5.94. The topological polar surface area (TPSA) is 41.3 Å². The lowest BCUT2D eigenvalue weighted by Crippen LogP contribution is -2.58. The van der Waals surface area contributed by atoms with Gasteiger partial charge >= 0.3 is 0 Å². The molecule has 2 aliphatic rings. The van der Waals surface area contributed by atoms with Crippen LogP contribution in [0.2, 0.25) is 0 Å². The Morgan fingerprint density at radius 2 is 1.77 bits per heavy atom. The summed E-state index contributed by atoms with van der Waals surface area (Å²) in [4.78, 5) is 2.62. The first kappa shape index (κ1) is 9.44. The predicted octanol–water partition coefficient (Wildman–Crippen LogP) is 0.163. The molecule has 0 bridgehead atoms. The molecule has 0 spiro atoms. The lowest BCUT2D eigenvalue weighted by Gasteiger charge is -2.43. The van der Waals surface area contributed by atoms with Gasteiger partial charge in [0.15, 0.2) is 0 Å². The molecule has 3 N–H and O–H groups in total. The minimum Gasteiger partial charge on any atom is -0.329 e. The van der Waals surface area contributed by atoms with E-state index in [0.717, 1.165) is 19.6 Å². The Balaban J connectivity index is 2.01. The SMILES string of the molecule is NCC1(N2CCNCC2)CCCC1. The van der Waals surface area contributed by atoms with E-state index in [0.29, 0.717) is 5.54 Å². The van der Waals surface area contributed by atoms with Crippen LogP contribution in [0.5, 0.6) is 0 Å². The van der Waals surface area contributed by atoms with E-state index in [1.54, 1.807) is 0 Å². The maximum Gasteiger partial charge on any atom is 0.0332 e. The Morgan fingerprint density at radius 1 is 1.15 bits per heavy atom. The quantitative estimate of drug-likeness (QED) is 0.641. The van der Waals surface area contributed by atoms with Crippen molar-refractivity contribution >= 4 is 0 Å². The summed E-state index contributed by atoms with van der Waals surface area (Å²) in [6.45, 7) is 5.52. The first-order valence-electron chi connectivity index (χ1n) is 5.53. The number of piperazine rings is 1. The molecule has 1 aliphatic heterocycles. The summed E-state index contributed by atoms with van der Waals surface area (Å²) in [6, 6.07) is 0. The molecule has 1 saturated carbocycles. The minimum absolute atomic E-state index is 0.377. The number of rotatable bonds is 2. The molecular formula is C10H21N3. The molecule has 13 heavy (non-hydrogen) atoms. The number of nitrogens with one attached hydrogen (secondary N) is 1. The van der Waals surface area contributed by atoms with Gasteiger partial charge in [-0.25, -0.2) is 0 Å². The van der Waals surface area contributed by atoms with E-state index < -0.39 is 0 Å². The monoisotopic (exact) mass is 183 g/mol. The fourth-order valence-corrected chi connectivity index (χ4v) is 2.82. The van der Waals surface area contributed by atoms with Gasteiger partial charge in [-0.15, -0.1) is 0 Å². The van der Waals surface area contributed by atoms with Crippen LogP contribution in [0.25, 0.3) is 0 Å². The summed E-state index contributed by atoms with van der Waals surface area (Å²) in [7, 11) is 0. The molecule has 0 aromatic rings. The molecule has 0 atom stereocenters. The van der Waals surface area contributed by atoms with E-state index >= 15 is 0 Å². The molecule has 2 rings (SSSR count). The zero-order valence-electron chi connectivity index (χ0n) is 8.39. The van der Waals surface area contributed by atoms with Crippen molar-refractivity contribution in [3.05, 3.63) is 0 Å². The molecule has 0 unspecified atom stereocenters. The van der Waals surface area contributed by atoms with Crippen LogP contribution in [0.1, 0.15) is 25.7 Å². The highest BCUT2D eigenvalue weighted by Crippen LogP contribution is 2.34. The van der Waals surface area contributed by atoms with Crippen molar-refractivity contribution in [3.63, 3.8) is 0 Å². The standard InChI is InChI=1S/C10H21N3/c11-9-10(3-1-2-4-10)13-7-5-12-6-8-13/h12H,1-9,11H2. The fraction of sp³-hybridized carbons (Fsp3) is 1.00. The number of hydrogen-bond donors (Lipinski definition) is 2. The van der Waals surface area contributed by atoms with Crippen molar-refractivity contribution in [2.75, 3.05) is 32.7 Å². The molecule has 76 valence electrons. The largest absolute Gasteiger partial charge is 0.329 e. The van der Waals surface area contributed by atoms with Crippen LogP contribution >= 0.6 is 0 Å². The minimum atomic E-state index is 0.377. The second-order valence-electron chi connectivity index (χ2n) is 4.37. The van der Waals surface area contributed by atoms with Gasteiger partial charge in [0.05, 0.1) is 0 Å². The molecule has 2 fully saturated rings. The van der Waals surface area contributed by atoms with Crippen molar-refractivity contribution in [1.29, 1.82) is 0 Å². The van der Waals surface area contributed by atoms with E-state index in [-0.39, 0.29) is 0 Å². The molecule has 0 aromatic carbocycles. The number of hydrogen-bond acceptors (Lipinski definition) is 3. The third-order valence-corrected chi connectivity index (χ3v) is 3.70. The zero-order chi connectivity index (χ0) is 9.15. The van der Waals surface area contributed by atoms with Gasteiger partial charge in [0.25, 0.3) is 0 Å². The molecule has 1 aliphatic carbocycles. The van der Waals surface area contributed by atoms with Crippen LogP contribution in [-0.4, -0.2) is 43.2 Å². The van der Waals surface area contributed by atoms with Crippen LogP contribution < -0.4 is 11.1 Å². The Kier molecular flexibility index (Phi) is 2.86. The van der Waals surface area contributed by atoms with Crippen LogP contribution in [0.3, 0.4) is 0 Å². The van der Waals surface area contributed by atoms with Gasteiger partial charge in [0.2, 0.25) is 0 Å². The van der Waals surface area contributed by atoms with E-state index in [4.69, 9.17) is 5.73 Å². The van der Waals surface area contributed by atoms with Crippen molar-refractivity contribution in [2.45, 2.75) is 31.2 Å². The first-order valence-corrected chi connectivity index (χ1v) is 5.53.